The van der Waals surface area contributed by atoms with Crippen LogP contribution in [0.15, 0.2) is 60.7 Å². The second-order valence-corrected chi connectivity index (χ2v) is 9.79. The molecule has 2 aromatic rings. The number of nitrogens with two attached hydrogens (primary N) is 1. The number of amides is 2. The predicted octanol–water partition coefficient (Wildman–Crippen LogP) is 4.70. The van der Waals surface area contributed by atoms with Gasteiger partial charge in [0.25, 0.3) is 0 Å². The maximum Gasteiger partial charge on any atom is 0.247 e. The molecule has 2 amide bonds. The lowest BCUT2D eigenvalue weighted by atomic mass is 9.64. The number of hydroxylamine groups is 1. The number of hydrogen-bond donors (Lipinski definition) is 4. The molecule has 3 atom stereocenters. The standard InChI is InChI=1S/C29H39N3O4/c1-5-18-29(19-20(2)3,28(35)31-30)26(33)25(23-16-14-21(4)15-17-23)24(27(34)32-36)13-9-12-22-10-7-6-8-11-22/h6-12,14-17,20,24-25,36H,5,13,18-19,30H2,1-4H3,(H,31,35)(H,32,34)/b12-9+/t24-,25-,29?/m0/s1. The van der Waals surface area contributed by atoms with Gasteiger partial charge >= 0.3 is 0 Å². The molecule has 0 aliphatic rings. The minimum atomic E-state index is -1.41. The Kier molecular flexibility index (Phi) is 11.0. The molecule has 0 saturated heterocycles. The molecule has 0 spiro atoms. The Bertz CT molecular complexity index is 1030. The number of carbonyl (C=O) groups is 3. The van der Waals surface area contributed by atoms with E-state index in [-0.39, 0.29) is 18.1 Å². The number of rotatable bonds is 13. The summed E-state index contributed by atoms with van der Waals surface area (Å²) in [7, 11) is 0. The van der Waals surface area contributed by atoms with E-state index in [2.05, 4.69) is 5.43 Å². The molecule has 0 aromatic heterocycles. The van der Waals surface area contributed by atoms with Gasteiger partial charge in [0.15, 0.2) is 5.78 Å². The number of nitrogens with one attached hydrogen (secondary N) is 2. The summed E-state index contributed by atoms with van der Waals surface area (Å²) in [5.74, 6) is 2.09. The van der Waals surface area contributed by atoms with Crippen LogP contribution in [0.4, 0.5) is 0 Å². The van der Waals surface area contributed by atoms with Crippen molar-refractivity contribution in [2.24, 2.45) is 23.1 Å². The first kappa shape index (κ1) is 28.9. The van der Waals surface area contributed by atoms with Crippen molar-refractivity contribution in [3.8, 4) is 0 Å². The monoisotopic (exact) mass is 493 g/mol. The van der Waals surface area contributed by atoms with Crippen LogP contribution in [-0.2, 0) is 14.4 Å². The largest absolute Gasteiger partial charge is 0.298 e. The van der Waals surface area contributed by atoms with Gasteiger partial charge < -0.3 is 0 Å². The van der Waals surface area contributed by atoms with E-state index in [1.54, 1.807) is 5.48 Å². The van der Waals surface area contributed by atoms with Crippen molar-refractivity contribution in [3.05, 3.63) is 77.4 Å². The van der Waals surface area contributed by atoms with Gasteiger partial charge in [0, 0.05) is 0 Å². The Morgan fingerprint density at radius 2 is 1.69 bits per heavy atom. The van der Waals surface area contributed by atoms with Gasteiger partial charge in [-0.25, -0.2) is 11.3 Å². The molecule has 0 saturated carbocycles. The highest BCUT2D eigenvalue weighted by atomic mass is 16.5. The molecule has 7 heteroatoms. The van der Waals surface area contributed by atoms with Crippen LogP contribution in [0, 0.1) is 24.2 Å². The quantitative estimate of drug-likeness (QED) is 0.106. The van der Waals surface area contributed by atoms with Crippen molar-refractivity contribution in [3.63, 3.8) is 0 Å². The van der Waals surface area contributed by atoms with Crippen molar-refractivity contribution in [1.29, 1.82) is 0 Å². The van der Waals surface area contributed by atoms with Gasteiger partial charge in [0.05, 0.1) is 11.8 Å². The first-order valence-electron chi connectivity index (χ1n) is 12.5. The lowest BCUT2D eigenvalue weighted by Gasteiger charge is -2.37. The van der Waals surface area contributed by atoms with E-state index in [0.717, 1.165) is 11.1 Å². The highest BCUT2D eigenvalue weighted by Gasteiger charge is 2.50. The fraction of sp³-hybridized carbons (Fsp3) is 0.414. The molecular weight excluding hydrogens is 454 g/mol. The van der Waals surface area contributed by atoms with Crippen molar-refractivity contribution in [2.75, 3.05) is 0 Å². The van der Waals surface area contributed by atoms with E-state index in [4.69, 9.17) is 5.84 Å². The van der Waals surface area contributed by atoms with Crippen LogP contribution in [0.25, 0.3) is 6.08 Å². The van der Waals surface area contributed by atoms with Crippen LogP contribution in [0.2, 0.25) is 0 Å². The molecule has 0 aliphatic carbocycles. The van der Waals surface area contributed by atoms with E-state index in [1.807, 2.05) is 94.4 Å². The Hall–Kier alpha value is -3.29. The van der Waals surface area contributed by atoms with E-state index in [1.165, 1.54) is 0 Å². The number of benzene rings is 2. The van der Waals surface area contributed by atoms with E-state index >= 15 is 0 Å². The third-order valence-corrected chi connectivity index (χ3v) is 6.54. The number of aryl methyl sites for hydroxylation is 1. The zero-order valence-electron chi connectivity index (χ0n) is 21.7. The topological polar surface area (TPSA) is 122 Å². The van der Waals surface area contributed by atoms with Gasteiger partial charge in [0.1, 0.15) is 5.41 Å². The normalized spacial score (nSPS) is 14.8. The lowest BCUT2D eigenvalue weighted by molar-refractivity contribution is -0.148. The molecular formula is C29H39N3O4. The molecule has 1 unspecified atom stereocenters. The number of Topliss-reactive ketones (excluding diaryl/α,β-unsaturated/α-hetero) is 1. The summed E-state index contributed by atoms with van der Waals surface area (Å²) in [4.78, 5) is 40.7. The summed E-state index contributed by atoms with van der Waals surface area (Å²) in [6.07, 6.45) is 5.03. The molecule has 7 nitrogen and oxygen atoms in total. The average molecular weight is 494 g/mol. The van der Waals surface area contributed by atoms with Crippen LogP contribution in [0.3, 0.4) is 0 Å². The number of hydrogen-bond acceptors (Lipinski definition) is 5. The highest BCUT2D eigenvalue weighted by molar-refractivity contribution is 6.10. The first-order valence-corrected chi connectivity index (χ1v) is 12.5. The van der Waals surface area contributed by atoms with Crippen molar-refractivity contribution < 1.29 is 19.6 Å². The summed E-state index contributed by atoms with van der Waals surface area (Å²) < 4.78 is 0. The molecule has 0 fully saturated rings. The van der Waals surface area contributed by atoms with Crippen molar-refractivity contribution in [1.82, 2.24) is 10.9 Å². The second kappa shape index (κ2) is 13.7. The minimum Gasteiger partial charge on any atom is -0.298 e. The van der Waals surface area contributed by atoms with Crippen LogP contribution in [-0.4, -0.2) is 22.8 Å². The van der Waals surface area contributed by atoms with Crippen LogP contribution >= 0.6 is 0 Å². The fourth-order valence-electron chi connectivity index (χ4n) is 4.94. The minimum absolute atomic E-state index is 0.0274. The Morgan fingerprint density at radius 1 is 1.06 bits per heavy atom. The van der Waals surface area contributed by atoms with E-state index < -0.39 is 29.1 Å². The molecule has 5 N–H and O–H groups in total. The summed E-state index contributed by atoms with van der Waals surface area (Å²) in [5.41, 5.74) is 5.11. The van der Waals surface area contributed by atoms with Gasteiger partial charge in [-0.2, -0.15) is 0 Å². The van der Waals surface area contributed by atoms with Gasteiger partial charge in [0.2, 0.25) is 11.8 Å². The zero-order chi connectivity index (χ0) is 26.7. The Morgan fingerprint density at radius 3 is 2.22 bits per heavy atom. The number of ketones is 1. The van der Waals surface area contributed by atoms with Gasteiger partial charge in [-0.15, -0.1) is 0 Å². The molecule has 0 radical (unpaired) electrons. The average Bonchev–Trinajstić information content (AvgIpc) is 2.87. The van der Waals surface area contributed by atoms with Crippen LogP contribution in [0.1, 0.15) is 69.1 Å². The molecule has 2 aromatic carbocycles. The molecule has 0 heterocycles. The van der Waals surface area contributed by atoms with E-state index in [0.29, 0.717) is 24.8 Å². The summed E-state index contributed by atoms with van der Waals surface area (Å²) in [5, 5.41) is 9.62. The lowest BCUT2D eigenvalue weighted by Crippen LogP contribution is -2.53. The van der Waals surface area contributed by atoms with Crippen molar-refractivity contribution >= 4 is 23.7 Å². The van der Waals surface area contributed by atoms with Gasteiger partial charge in [-0.05, 0) is 43.2 Å². The van der Waals surface area contributed by atoms with E-state index in [9.17, 15) is 19.6 Å². The third-order valence-electron chi connectivity index (χ3n) is 6.54. The second-order valence-electron chi connectivity index (χ2n) is 9.79. The number of allylic oxidation sites excluding steroid dienone is 1. The first-order chi connectivity index (χ1) is 17.2. The molecule has 194 valence electrons. The SMILES string of the molecule is CCCC(CC(C)C)(C(=O)NN)C(=O)[C@@H](c1ccc(C)cc1)[C@H](C/C=C/c1ccccc1)C(=O)NO. The summed E-state index contributed by atoms with van der Waals surface area (Å²) >= 11 is 0. The fourth-order valence-corrected chi connectivity index (χ4v) is 4.94. The number of hydrazine groups is 1. The molecule has 2 rings (SSSR count). The van der Waals surface area contributed by atoms with Crippen LogP contribution < -0.4 is 16.7 Å². The molecule has 36 heavy (non-hydrogen) atoms. The molecule has 0 bridgehead atoms. The predicted molar refractivity (Wildman–Crippen MR) is 142 cm³/mol. The van der Waals surface area contributed by atoms with Gasteiger partial charge in [-0.1, -0.05) is 99.5 Å². The maximum absolute atomic E-state index is 14.5. The smallest absolute Gasteiger partial charge is 0.247 e. The highest BCUT2D eigenvalue weighted by Crippen LogP contribution is 2.42. The number of carbonyl (C=O) groups excluding carboxylic acids is 3. The third kappa shape index (κ3) is 7.12. The zero-order valence-corrected chi connectivity index (χ0v) is 21.7. The van der Waals surface area contributed by atoms with Gasteiger partial charge in [-0.3, -0.25) is 25.0 Å². The van der Waals surface area contributed by atoms with Crippen molar-refractivity contribution in [2.45, 2.75) is 59.3 Å². The summed E-state index contributed by atoms with van der Waals surface area (Å²) in [6, 6.07) is 17.0. The Balaban J connectivity index is 2.65. The van der Waals surface area contributed by atoms with Crippen LogP contribution in [0.5, 0.6) is 0 Å². The maximum atomic E-state index is 14.5. The summed E-state index contributed by atoms with van der Waals surface area (Å²) in [6.45, 7) is 7.74. The molecule has 0 aliphatic heterocycles. The Labute approximate surface area is 214 Å².